The Morgan fingerprint density at radius 3 is 2.21 bits per heavy atom. The van der Waals surface area contributed by atoms with Crippen LogP contribution < -0.4 is 0 Å². The van der Waals surface area contributed by atoms with Crippen molar-refractivity contribution >= 4 is 12.2 Å². The molecule has 4 saturated carbocycles. The zero-order valence-corrected chi connectivity index (χ0v) is 15.4. The molecule has 2 heterocycles. The topological polar surface area (TPSA) is 37.4 Å². The minimum atomic E-state index is 0.204. The number of piperazine rings is 1. The average Bonchev–Trinajstić information content (AvgIpc) is 2.90. The maximum atomic E-state index is 6.09. The van der Waals surface area contributed by atoms with Gasteiger partial charge in [0.1, 0.15) is 0 Å². The number of rotatable bonds is 3. The van der Waals surface area contributed by atoms with E-state index in [1.165, 1.54) is 38.5 Å². The van der Waals surface area contributed by atoms with Gasteiger partial charge in [0.2, 0.25) is 5.89 Å². The summed E-state index contributed by atoms with van der Waals surface area (Å²) in [6.07, 6.45) is 8.18. The summed E-state index contributed by atoms with van der Waals surface area (Å²) in [7, 11) is 2.18. The quantitative estimate of drug-likeness (QED) is 0.785. The monoisotopic (exact) mass is 348 g/mol. The lowest BCUT2D eigenvalue weighted by Crippen LogP contribution is -2.49. The molecule has 5 fully saturated rings. The minimum absolute atomic E-state index is 0.204. The van der Waals surface area contributed by atoms with Crippen LogP contribution in [0, 0.1) is 22.6 Å². The van der Waals surface area contributed by atoms with E-state index in [0.717, 1.165) is 56.5 Å². The number of hydrogen-bond acceptors (Lipinski definition) is 5. The van der Waals surface area contributed by atoms with Crippen molar-refractivity contribution in [2.24, 2.45) is 17.8 Å². The minimum Gasteiger partial charge on any atom is -0.413 e. The van der Waals surface area contributed by atoms with Gasteiger partial charge in [0.05, 0.1) is 6.67 Å². The predicted molar refractivity (Wildman–Crippen MR) is 94.2 cm³/mol. The van der Waals surface area contributed by atoms with Crippen LogP contribution in [0.3, 0.4) is 0 Å². The summed E-state index contributed by atoms with van der Waals surface area (Å²) < 4.78 is 8.03. The molecule has 5 nitrogen and oxygen atoms in total. The Morgan fingerprint density at radius 1 is 1.04 bits per heavy atom. The first-order chi connectivity index (χ1) is 11.6. The molecule has 0 N–H and O–H groups in total. The normalized spacial score (nSPS) is 39.6. The Hall–Kier alpha value is -0.720. The average molecular weight is 349 g/mol. The molecule has 24 heavy (non-hydrogen) atoms. The third-order valence-electron chi connectivity index (χ3n) is 7.03. The molecule has 4 aliphatic carbocycles. The van der Waals surface area contributed by atoms with Crippen LogP contribution in [-0.2, 0) is 12.1 Å². The molecule has 0 aromatic carbocycles. The van der Waals surface area contributed by atoms with Crippen molar-refractivity contribution in [2.45, 2.75) is 50.6 Å². The van der Waals surface area contributed by atoms with Crippen LogP contribution >= 0.6 is 12.2 Å². The Balaban J connectivity index is 1.37. The van der Waals surface area contributed by atoms with Gasteiger partial charge in [0, 0.05) is 31.6 Å². The van der Waals surface area contributed by atoms with Crippen LogP contribution in [0.15, 0.2) is 4.42 Å². The summed E-state index contributed by atoms with van der Waals surface area (Å²) in [5.41, 5.74) is 0.204. The van der Waals surface area contributed by atoms with Crippen LogP contribution in [0.2, 0.25) is 0 Å². The second-order valence-electron chi connectivity index (χ2n) is 8.93. The van der Waals surface area contributed by atoms with Gasteiger partial charge in [-0.2, -0.15) is 0 Å². The van der Waals surface area contributed by atoms with Crippen molar-refractivity contribution < 1.29 is 4.42 Å². The molecule has 132 valence electrons. The largest absolute Gasteiger partial charge is 0.413 e. The van der Waals surface area contributed by atoms with Gasteiger partial charge in [-0.3, -0.25) is 4.90 Å². The van der Waals surface area contributed by atoms with Crippen molar-refractivity contribution in [3.63, 3.8) is 0 Å². The molecule has 0 atom stereocenters. The van der Waals surface area contributed by atoms with Crippen molar-refractivity contribution in [1.29, 1.82) is 0 Å². The lowest BCUT2D eigenvalue weighted by molar-refractivity contribution is -0.0181. The molecule has 5 aliphatic rings. The molecular formula is C18H28N4OS. The Kier molecular flexibility index (Phi) is 3.65. The molecule has 0 spiro atoms. The molecule has 6 heteroatoms. The van der Waals surface area contributed by atoms with Gasteiger partial charge >= 0.3 is 0 Å². The number of aromatic nitrogens is 2. The van der Waals surface area contributed by atoms with E-state index in [0.29, 0.717) is 4.84 Å². The second kappa shape index (κ2) is 5.64. The second-order valence-corrected chi connectivity index (χ2v) is 9.28. The van der Waals surface area contributed by atoms with E-state index in [4.69, 9.17) is 21.7 Å². The van der Waals surface area contributed by atoms with Gasteiger partial charge in [0.25, 0.3) is 4.84 Å². The van der Waals surface area contributed by atoms with Crippen molar-refractivity contribution in [2.75, 3.05) is 33.2 Å². The highest BCUT2D eigenvalue weighted by molar-refractivity contribution is 7.71. The predicted octanol–water partition coefficient (Wildman–Crippen LogP) is 2.88. The van der Waals surface area contributed by atoms with Crippen LogP contribution in [0.4, 0.5) is 0 Å². The van der Waals surface area contributed by atoms with E-state index in [9.17, 15) is 0 Å². The number of nitrogens with zero attached hydrogens (tertiary/aromatic N) is 4. The number of hydrogen-bond donors (Lipinski definition) is 0. The van der Waals surface area contributed by atoms with Crippen LogP contribution in [0.1, 0.15) is 44.4 Å². The Morgan fingerprint density at radius 2 is 1.62 bits per heavy atom. The zero-order valence-electron chi connectivity index (χ0n) is 14.6. The van der Waals surface area contributed by atoms with Gasteiger partial charge in [-0.15, -0.1) is 5.10 Å². The Labute approximate surface area is 149 Å². The van der Waals surface area contributed by atoms with E-state index < -0.39 is 0 Å². The van der Waals surface area contributed by atoms with Crippen molar-refractivity contribution in [1.82, 2.24) is 19.6 Å². The molecule has 1 aromatic rings. The molecule has 0 unspecified atom stereocenters. The van der Waals surface area contributed by atoms with E-state index in [1.807, 2.05) is 4.68 Å². The Bertz CT molecular complexity index is 638. The van der Waals surface area contributed by atoms with E-state index in [2.05, 4.69) is 16.8 Å². The molecule has 1 aromatic heterocycles. The molecular weight excluding hydrogens is 320 g/mol. The van der Waals surface area contributed by atoms with Gasteiger partial charge in [-0.25, -0.2) is 4.68 Å². The summed E-state index contributed by atoms with van der Waals surface area (Å²) in [5.74, 6) is 3.68. The van der Waals surface area contributed by atoms with Crippen molar-refractivity contribution in [3.8, 4) is 0 Å². The summed E-state index contributed by atoms with van der Waals surface area (Å²) in [5, 5.41) is 4.90. The highest BCUT2D eigenvalue weighted by Crippen LogP contribution is 2.60. The van der Waals surface area contributed by atoms with Crippen LogP contribution in [-0.4, -0.2) is 52.8 Å². The highest BCUT2D eigenvalue weighted by Gasteiger charge is 2.54. The first-order valence-corrected chi connectivity index (χ1v) is 10.00. The fraction of sp³-hybridized carbons (Fsp3) is 0.889. The summed E-state index contributed by atoms with van der Waals surface area (Å²) in [4.78, 5) is 5.38. The van der Waals surface area contributed by atoms with E-state index in [1.54, 1.807) is 0 Å². The van der Waals surface area contributed by atoms with Crippen LogP contribution in [0.25, 0.3) is 0 Å². The zero-order chi connectivity index (χ0) is 16.3. The van der Waals surface area contributed by atoms with E-state index in [-0.39, 0.29) is 5.41 Å². The third kappa shape index (κ3) is 2.58. The van der Waals surface area contributed by atoms with Gasteiger partial charge in [-0.05, 0) is 75.5 Å². The van der Waals surface area contributed by atoms with Gasteiger partial charge < -0.3 is 9.32 Å². The van der Waals surface area contributed by atoms with Gasteiger partial charge in [-0.1, -0.05) is 0 Å². The summed E-state index contributed by atoms with van der Waals surface area (Å²) in [6, 6.07) is 0. The third-order valence-corrected chi connectivity index (χ3v) is 7.32. The molecule has 6 rings (SSSR count). The maximum absolute atomic E-state index is 6.09. The van der Waals surface area contributed by atoms with E-state index >= 15 is 0 Å². The lowest BCUT2D eigenvalue weighted by Gasteiger charge is -2.55. The molecule has 1 aliphatic heterocycles. The highest BCUT2D eigenvalue weighted by atomic mass is 32.1. The fourth-order valence-electron chi connectivity index (χ4n) is 6.16. The fourth-order valence-corrected chi connectivity index (χ4v) is 6.34. The number of likely N-dealkylation sites (N-methyl/N-ethyl adjacent to an activating group) is 1. The van der Waals surface area contributed by atoms with Gasteiger partial charge in [0.15, 0.2) is 0 Å². The smallest absolute Gasteiger partial charge is 0.288 e. The summed E-state index contributed by atoms with van der Waals surface area (Å²) in [6.45, 7) is 5.18. The van der Waals surface area contributed by atoms with Crippen LogP contribution in [0.5, 0.6) is 0 Å². The first-order valence-electron chi connectivity index (χ1n) is 9.59. The standard InChI is InChI=1S/C18H28N4OS/c1-20-2-4-21(5-3-20)12-22-17(24)23-16(19-22)18-9-13-6-14(10-18)8-15(7-13)11-18/h13-15H,2-12H2,1H3. The van der Waals surface area contributed by atoms with Crippen molar-refractivity contribution in [3.05, 3.63) is 10.7 Å². The first kappa shape index (κ1) is 15.5. The SMILES string of the molecule is CN1CCN(Cn2nc(C34CC5CC(CC(C5)C3)C4)oc2=S)CC1. The molecule has 1 saturated heterocycles. The maximum Gasteiger partial charge on any atom is 0.288 e. The molecule has 0 radical (unpaired) electrons. The lowest BCUT2D eigenvalue weighted by atomic mass is 9.49. The molecule has 4 bridgehead atoms. The summed E-state index contributed by atoms with van der Waals surface area (Å²) >= 11 is 5.52. The molecule has 0 amide bonds.